The smallest absolute Gasteiger partial charge is 0.0781 e. The highest BCUT2D eigenvalue weighted by Gasteiger charge is 2.41. The van der Waals surface area contributed by atoms with Crippen LogP contribution < -0.4 is 5.32 Å². The van der Waals surface area contributed by atoms with Crippen molar-refractivity contribution in [2.45, 2.75) is 25.8 Å². The number of rotatable bonds is 5. The molecule has 1 saturated carbocycles. The van der Waals surface area contributed by atoms with E-state index >= 15 is 0 Å². The average Bonchev–Trinajstić information content (AvgIpc) is 3.14. The third kappa shape index (κ3) is 2.94. The largest absolute Gasteiger partial charge is 0.396 e. The van der Waals surface area contributed by atoms with E-state index in [4.69, 9.17) is 34.8 Å². The summed E-state index contributed by atoms with van der Waals surface area (Å²) >= 11 is 18.1. The first-order chi connectivity index (χ1) is 8.49. The Balaban J connectivity index is 2.05. The summed E-state index contributed by atoms with van der Waals surface area (Å²) in [5, 5.41) is 14.0. The summed E-state index contributed by atoms with van der Waals surface area (Å²) in [6.07, 6.45) is 2.16. The summed E-state index contributed by atoms with van der Waals surface area (Å²) in [5.74, 6) is 0. The second-order valence-electron chi connectivity index (χ2n) is 5.03. The van der Waals surface area contributed by atoms with Gasteiger partial charge in [-0.3, -0.25) is 0 Å². The zero-order chi connectivity index (χ0) is 13.3. The Hall–Kier alpha value is 0.01000. The minimum absolute atomic E-state index is 0.0799. The van der Waals surface area contributed by atoms with Gasteiger partial charge in [-0.15, -0.1) is 0 Å². The Morgan fingerprint density at radius 2 is 1.94 bits per heavy atom. The van der Waals surface area contributed by atoms with Crippen molar-refractivity contribution >= 4 is 34.8 Å². The molecule has 0 amide bonds. The number of hydrogen-bond donors (Lipinski definition) is 2. The lowest BCUT2D eigenvalue weighted by molar-refractivity contribution is 0.204. The molecule has 0 radical (unpaired) electrons. The summed E-state index contributed by atoms with van der Waals surface area (Å²) in [4.78, 5) is 0. The molecule has 0 heterocycles. The van der Waals surface area contributed by atoms with Gasteiger partial charge in [0.25, 0.3) is 0 Å². The Morgan fingerprint density at radius 1 is 1.28 bits per heavy atom. The number of benzene rings is 1. The molecule has 1 atom stereocenters. The van der Waals surface area contributed by atoms with Crippen molar-refractivity contribution in [1.29, 1.82) is 0 Å². The molecule has 0 spiro atoms. The lowest BCUT2D eigenvalue weighted by atomic mass is 10.1. The second kappa shape index (κ2) is 5.56. The van der Waals surface area contributed by atoms with E-state index in [0.29, 0.717) is 15.1 Å². The van der Waals surface area contributed by atoms with E-state index in [1.165, 1.54) is 0 Å². The molecule has 0 aromatic heterocycles. The standard InChI is InChI=1S/C13H16Cl3NO/c1-8(17-6-13(7-18)4-5-13)9-2-3-10(14)12(16)11(9)15/h2-3,8,17-18H,4-7H2,1H3. The van der Waals surface area contributed by atoms with E-state index in [-0.39, 0.29) is 18.1 Å². The van der Waals surface area contributed by atoms with Gasteiger partial charge in [0, 0.05) is 24.6 Å². The third-order valence-electron chi connectivity index (χ3n) is 3.61. The van der Waals surface area contributed by atoms with Crippen LogP contribution in [0.2, 0.25) is 15.1 Å². The van der Waals surface area contributed by atoms with Gasteiger partial charge in [-0.1, -0.05) is 40.9 Å². The van der Waals surface area contributed by atoms with E-state index in [0.717, 1.165) is 24.9 Å². The molecule has 1 aliphatic carbocycles. The topological polar surface area (TPSA) is 32.3 Å². The Labute approximate surface area is 122 Å². The van der Waals surface area contributed by atoms with Crippen molar-refractivity contribution < 1.29 is 5.11 Å². The molecule has 1 fully saturated rings. The van der Waals surface area contributed by atoms with Gasteiger partial charge in [0.05, 0.1) is 15.1 Å². The van der Waals surface area contributed by atoms with Gasteiger partial charge in [0.2, 0.25) is 0 Å². The Morgan fingerprint density at radius 3 is 2.50 bits per heavy atom. The van der Waals surface area contributed by atoms with Crippen molar-refractivity contribution in [3.05, 3.63) is 32.8 Å². The maximum Gasteiger partial charge on any atom is 0.0781 e. The molecule has 5 heteroatoms. The molecule has 18 heavy (non-hydrogen) atoms. The summed E-state index contributed by atoms with van der Waals surface area (Å²) in [5.41, 5.74) is 1.01. The maximum atomic E-state index is 9.27. The van der Waals surface area contributed by atoms with Crippen molar-refractivity contribution in [3.8, 4) is 0 Å². The lowest BCUT2D eigenvalue weighted by Crippen LogP contribution is -2.29. The fraction of sp³-hybridized carbons (Fsp3) is 0.538. The number of halogens is 3. The van der Waals surface area contributed by atoms with E-state index < -0.39 is 0 Å². The minimum atomic E-state index is 0.0799. The lowest BCUT2D eigenvalue weighted by Gasteiger charge is -2.20. The van der Waals surface area contributed by atoms with Gasteiger partial charge in [-0.25, -0.2) is 0 Å². The summed E-state index contributed by atoms with van der Waals surface area (Å²) in [6, 6.07) is 3.71. The SMILES string of the molecule is CC(NCC1(CO)CC1)c1ccc(Cl)c(Cl)c1Cl. The van der Waals surface area contributed by atoms with E-state index in [9.17, 15) is 5.11 Å². The molecule has 2 N–H and O–H groups in total. The first-order valence-corrected chi connectivity index (χ1v) is 7.10. The van der Waals surface area contributed by atoms with E-state index in [1.54, 1.807) is 6.07 Å². The van der Waals surface area contributed by atoms with Crippen LogP contribution in [0.25, 0.3) is 0 Å². The normalized spacial score (nSPS) is 18.7. The highest BCUT2D eigenvalue weighted by atomic mass is 35.5. The van der Waals surface area contributed by atoms with Crippen LogP contribution in [0.1, 0.15) is 31.4 Å². The molecule has 2 nitrogen and oxygen atoms in total. The first kappa shape index (κ1) is 14.4. The monoisotopic (exact) mass is 307 g/mol. The molecule has 1 aliphatic rings. The second-order valence-corrected chi connectivity index (χ2v) is 6.19. The number of hydrogen-bond acceptors (Lipinski definition) is 2. The zero-order valence-corrected chi connectivity index (χ0v) is 12.4. The molecular formula is C13H16Cl3NO. The van der Waals surface area contributed by atoms with Gasteiger partial charge in [-0.2, -0.15) is 0 Å². The fourth-order valence-corrected chi connectivity index (χ4v) is 2.63. The number of aliphatic hydroxyl groups excluding tert-OH is 1. The van der Waals surface area contributed by atoms with Crippen molar-refractivity contribution in [1.82, 2.24) is 5.32 Å². The van der Waals surface area contributed by atoms with Gasteiger partial charge >= 0.3 is 0 Å². The predicted octanol–water partition coefficient (Wildman–Crippen LogP) is 4.07. The average molecular weight is 309 g/mol. The van der Waals surface area contributed by atoms with Crippen molar-refractivity contribution in [2.24, 2.45) is 5.41 Å². The van der Waals surface area contributed by atoms with E-state index in [2.05, 4.69) is 5.32 Å². The van der Waals surface area contributed by atoms with Gasteiger partial charge in [0.1, 0.15) is 0 Å². The minimum Gasteiger partial charge on any atom is -0.396 e. The molecule has 0 aliphatic heterocycles. The molecule has 1 aromatic rings. The van der Waals surface area contributed by atoms with Crippen LogP contribution in [0.5, 0.6) is 0 Å². The number of nitrogens with one attached hydrogen (secondary N) is 1. The third-order valence-corrected chi connectivity index (χ3v) is 4.92. The number of aliphatic hydroxyl groups is 1. The zero-order valence-electron chi connectivity index (χ0n) is 10.1. The van der Waals surface area contributed by atoms with Crippen molar-refractivity contribution in [2.75, 3.05) is 13.2 Å². The van der Waals surface area contributed by atoms with Gasteiger partial charge < -0.3 is 10.4 Å². The molecule has 2 rings (SSSR count). The van der Waals surface area contributed by atoms with Crippen LogP contribution in [-0.4, -0.2) is 18.3 Å². The highest BCUT2D eigenvalue weighted by molar-refractivity contribution is 6.48. The van der Waals surface area contributed by atoms with Crippen LogP contribution in [0.3, 0.4) is 0 Å². The quantitative estimate of drug-likeness (QED) is 0.804. The summed E-state index contributed by atoms with van der Waals surface area (Å²) < 4.78 is 0. The van der Waals surface area contributed by atoms with Gasteiger partial charge in [0.15, 0.2) is 0 Å². The highest BCUT2D eigenvalue weighted by Crippen LogP contribution is 2.45. The van der Waals surface area contributed by atoms with Gasteiger partial charge in [-0.05, 0) is 31.4 Å². The molecular weight excluding hydrogens is 293 g/mol. The Kier molecular flexibility index (Phi) is 4.45. The maximum absolute atomic E-state index is 9.27. The first-order valence-electron chi connectivity index (χ1n) is 5.97. The Bertz CT molecular complexity index is 446. The molecule has 1 aromatic carbocycles. The van der Waals surface area contributed by atoms with Crippen LogP contribution in [0, 0.1) is 5.41 Å². The van der Waals surface area contributed by atoms with Crippen LogP contribution in [0.4, 0.5) is 0 Å². The molecule has 0 saturated heterocycles. The molecule has 0 bridgehead atoms. The molecule has 1 unspecified atom stereocenters. The molecule has 100 valence electrons. The fourth-order valence-electron chi connectivity index (χ4n) is 1.92. The summed E-state index contributed by atoms with van der Waals surface area (Å²) in [7, 11) is 0. The van der Waals surface area contributed by atoms with Crippen molar-refractivity contribution in [3.63, 3.8) is 0 Å². The van der Waals surface area contributed by atoms with Crippen LogP contribution >= 0.6 is 34.8 Å². The van der Waals surface area contributed by atoms with Crippen LogP contribution in [0.15, 0.2) is 12.1 Å². The predicted molar refractivity (Wildman–Crippen MR) is 76.6 cm³/mol. The van der Waals surface area contributed by atoms with Crippen LogP contribution in [-0.2, 0) is 0 Å². The van der Waals surface area contributed by atoms with E-state index in [1.807, 2.05) is 13.0 Å². The summed E-state index contributed by atoms with van der Waals surface area (Å²) in [6.45, 7) is 3.06.